The third-order valence-electron chi connectivity index (χ3n) is 5.70. The van der Waals surface area contributed by atoms with E-state index in [1.807, 2.05) is 6.07 Å². The van der Waals surface area contributed by atoms with E-state index in [4.69, 9.17) is 10.5 Å². The molecular formula is C22H21F2N5O3. The van der Waals surface area contributed by atoms with Crippen molar-refractivity contribution in [3.63, 3.8) is 0 Å². The second-order valence-corrected chi connectivity index (χ2v) is 8.05. The van der Waals surface area contributed by atoms with Gasteiger partial charge in [0.25, 0.3) is 5.91 Å². The minimum absolute atomic E-state index is 0.141. The number of anilines is 1. The number of carbonyl (C=O) groups excluding carboxylic acids is 1. The molecule has 1 aromatic carbocycles. The van der Waals surface area contributed by atoms with Gasteiger partial charge >= 0.3 is 6.61 Å². The van der Waals surface area contributed by atoms with Crippen LogP contribution >= 0.6 is 0 Å². The van der Waals surface area contributed by atoms with Crippen LogP contribution in [0.4, 0.5) is 14.6 Å². The Kier molecular flexibility index (Phi) is 5.30. The van der Waals surface area contributed by atoms with Crippen molar-refractivity contribution < 1.29 is 23.0 Å². The molecule has 1 aliphatic carbocycles. The Morgan fingerprint density at radius 1 is 1.19 bits per heavy atom. The average Bonchev–Trinajstić information content (AvgIpc) is 3.44. The quantitative estimate of drug-likeness (QED) is 0.600. The first-order valence-electron chi connectivity index (χ1n) is 10.3. The van der Waals surface area contributed by atoms with Crippen molar-refractivity contribution >= 4 is 22.6 Å². The molecule has 1 saturated carbocycles. The minimum atomic E-state index is -2.97. The third-order valence-corrected chi connectivity index (χ3v) is 5.70. The summed E-state index contributed by atoms with van der Waals surface area (Å²) >= 11 is 0. The van der Waals surface area contributed by atoms with Crippen LogP contribution in [-0.4, -0.2) is 39.1 Å². The highest BCUT2D eigenvalue weighted by Gasteiger charge is 2.28. The number of fused-ring (bicyclic) bond motifs is 3. The number of ether oxygens (including phenoxy) is 2. The van der Waals surface area contributed by atoms with E-state index in [0.717, 1.165) is 34.9 Å². The minimum Gasteiger partial charge on any atom is -0.415 e. The van der Waals surface area contributed by atoms with Gasteiger partial charge in [0.05, 0.1) is 31.0 Å². The lowest BCUT2D eigenvalue weighted by molar-refractivity contribution is -0.0534. The molecule has 0 atom stereocenters. The molecule has 0 unspecified atom stereocenters. The molecule has 1 aliphatic heterocycles. The fourth-order valence-corrected chi connectivity index (χ4v) is 3.90. The highest BCUT2D eigenvalue weighted by Crippen LogP contribution is 2.33. The second-order valence-electron chi connectivity index (χ2n) is 8.05. The fourth-order valence-electron chi connectivity index (χ4n) is 3.90. The van der Waals surface area contributed by atoms with Crippen molar-refractivity contribution in [1.29, 1.82) is 0 Å². The van der Waals surface area contributed by atoms with Crippen molar-refractivity contribution in [2.45, 2.75) is 39.2 Å². The largest absolute Gasteiger partial charge is 0.415 e. The number of pyridine rings is 1. The summed E-state index contributed by atoms with van der Waals surface area (Å²) in [6.07, 6.45) is 2.14. The number of halogens is 2. The van der Waals surface area contributed by atoms with E-state index in [1.165, 1.54) is 12.1 Å². The molecule has 2 aromatic heterocycles. The number of alkyl halides is 2. The van der Waals surface area contributed by atoms with Crippen LogP contribution in [-0.2, 0) is 24.5 Å². The number of nitrogens with zero attached hydrogens (tertiary/aromatic N) is 4. The number of nitrogens with two attached hydrogens (primary N) is 1. The van der Waals surface area contributed by atoms with Crippen molar-refractivity contribution in [2.24, 2.45) is 5.92 Å². The number of nitrogen functional groups attached to an aromatic ring is 1. The second kappa shape index (κ2) is 8.27. The Hall–Kier alpha value is -3.40. The van der Waals surface area contributed by atoms with Crippen LogP contribution in [0.5, 0.6) is 5.88 Å². The summed E-state index contributed by atoms with van der Waals surface area (Å²) in [6, 6.07) is 8.23. The molecule has 32 heavy (non-hydrogen) atoms. The summed E-state index contributed by atoms with van der Waals surface area (Å²) < 4.78 is 34.4. The zero-order valence-corrected chi connectivity index (χ0v) is 17.1. The Morgan fingerprint density at radius 3 is 2.72 bits per heavy atom. The van der Waals surface area contributed by atoms with Gasteiger partial charge in [0.15, 0.2) is 0 Å². The molecule has 10 heteroatoms. The fraction of sp³-hybridized carbons (Fsp3) is 0.364. The predicted octanol–water partition coefficient (Wildman–Crippen LogP) is 3.29. The number of aromatic nitrogens is 3. The molecule has 8 nitrogen and oxygen atoms in total. The third kappa shape index (κ3) is 4.18. The molecule has 0 bridgehead atoms. The van der Waals surface area contributed by atoms with Crippen LogP contribution in [0.2, 0.25) is 0 Å². The lowest BCUT2D eigenvalue weighted by Gasteiger charge is -2.22. The first-order chi connectivity index (χ1) is 15.5. The molecule has 0 radical (unpaired) electrons. The summed E-state index contributed by atoms with van der Waals surface area (Å²) in [5, 5.41) is 8.46. The van der Waals surface area contributed by atoms with Crippen molar-refractivity contribution in [3.05, 3.63) is 52.7 Å². The molecule has 166 valence electrons. The highest BCUT2D eigenvalue weighted by atomic mass is 19.3. The Bertz CT molecular complexity index is 1170. The van der Waals surface area contributed by atoms with Gasteiger partial charge in [-0.1, -0.05) is 0 Å². The molecule has 1 fully saturated rings. The SMILES string of the molecule is Nc1nc2ccc(C(=O)N(Cc3ccc(OC(F)F)nn3)CC3CC3)cc2c2c1COC2. The Balaban J connectivity index is 1.41. The van der Waals surface area contributed by atoms with Crippen molar-refractivity contribution in [3.8, 4) is 5.88 Å². The molecule has 5 rings (SSSR count). The van der Waals surface area contributed by atoms with E-state index in [0.29, 0.717) is 42.8 Å². The van der Waals surface area contributed by atoms with Crippen LogP contribution in [0.25, 0.3) is 10.9 Å². The summed E-state index contributed by atoms with van der Waals surface area (Å²) in [7, 11) is 0. The molecule has 3 aromatic rings. The number of amides is 1. The summed E-state index contributed by atoms with van der Waals surface area (Å²) in [6.45, 7) is -1.30. The van der Waals surface area contributed by atoms with Gasteiger partial charge < -0.3 is 20.1 Å². The zero-order chi connectivity index (χ0) is 22.2. The Labute approximate surface area is 182 Å². The van der Waals surface area contributed by atoms with E-state index in [-0.39, 0.29) is 18.3 Å². The van der Waals surface area contributed by atoms with Gasteiger partial charge in [-0.05, 0) is 48.6 Å². The predicted molar refractivity (Wildman–Crippen MR) is 111 cm³/mol. The van der Waals surface area contributed by atoms with Gasteiger partial charge in [-0.25, -0.2) is 4.98 Å². The summed E-state index contributed by atoms with van der Waals surface area (Å²) in [5.74, 6) is 0.504. The van der Waals surface area contributed by atoms with Crippen LogP contribution in [0.3, 0.4) is 0 Å². The average molecular weight is 441 g/mol. The van der Waals surface area contributed by atoms with E-state index in [1.54, 1.807) is 17.0 Å². The molecule has 2 aliphatic rings. The van der Waals surface area contributed by atoms with Crippen LogP contribution in [0, 0.1) is 5.92 Å². The van der Waals surface area contributed by atoms with Gasteiger partial charge in [0.2, 0.25) is 5.88 Å². The maximum Gasteiger partial charge on any atom is 0.388 e. The molecule has 0 saturated heterocycles. The lowest BCUT2D eigenvalue weighted by Crippen LogP contribution is -2.33. The maximum absolute atomic E-state index is 13.4. The van der Waals surface area contributed by atoms with Crippen molar-refractivity contribution in [1.82, 2.24) is 20.1 Å². The number of hydrogen-bond acceptors (Lipinski definition) is 7. The molecular weight excluding hydrogens is 420 g/mol. The lowest BCUT2D eigenvalue weighted by atomic mass is 10.0. The first-order valence-corrected chi connectivity index (χ1v) is 10.3. The topological polar surface area (TPSA) is 103 Å². The summed E-state index contributed by atoms with van der Waals surface area (Å²) in [4.78, 5) is 19.6. The number of benzene rings is 1. The number of hydrogen-bond donors (Lipinski definition) is 1. The van der Waals surface area contributed by atoms with Gasteiger partial charge in [0.1, 0.15) is 5.82 Å². The van der Waals surface area contributed by atoms with Crippen LogP contribution in [0.1, 0.15) is 40.0 Å². The van der Waals surface area contributed by atoms with E-state index in [2.05, 4.69) is 19.9 Å². The molecule has 1 amide bonds. The van der Waals surface area contributed by atoms with Gasteiger partial charge in [-0.3, -0.25) is 4.79 Å². The number of carbonyl (C=O) groups is 1. The van der Waals surface area contributed by atoms with Crippen LogP contribution < -0.4 is 10.5 Å². The van der Waals surface area contributed by atoms with Crippen molar-refractivity contribution in [2.75, 3.05) is 12.3 Å². The van der Waals surface area contributed by atoms with E-state index in [9.17, 15) is 13.6 Å². The van der Waals surface area contributed by atoms with Gasteiger partial charge in [0, 0.05) is 29.1 Å². The van der Waals surface area contributed by atoms with Crippen LogP contribution in [0.15, 0.2) is 30.3 Å². The maximum atomic E-state index is 13.4. The van der Waals surface area contributed by atoms with Gasteiger partial charge in [-0.2, -0.15) is 13.9 Å². The highest BCUT2D eigenvalue weighted by molar-refractivity contribution is 5.99. The molecule has 2 N–H and O–H groups in total. The van der Waals surface area contributed by atoms with E-state index < -0.39 is 6.61 Å². The van der Waals surface area contributed by atoms with E-state index >= 15 is 0 Å². The Morgan fingerprint density at radius 2 is 2.00 bits per heavy atom. The first kappa shape index (κ1) is 20.5. The standard InChI is InChI=1S/C22H21F2N5O3/c23-22(24)32-19-6-4-14(27-28-19)9-29(8-12-1-2-12)21(30)13-3-5-18-15(7-13)16-10-31-11-17(16)20(25)26-18/h3-7,12,22H,1-2,8-11H2,(H2,25,26). The monoisotopic (exact) mass is 441 g/mol. The number of rotatable bonds is 7. The smallest absolute Gasteiger partial charge is 0.388 e. The normalized spacial score (nSPS) is 15.2. The van der Waals surface area contributed by atoms with Gasteiger partial charge in [-0.15, -0.1) is 5.10 Å². The molecule has 3 heterocycles. The zero-order valence-electron chi connectivity index (χ0n) is 17.1. The molecule has 0 spiro atoms. The summed E-state index contributed by atoms with van der Waals surface area (Å²) in [5.41, 5.74) is 9.62.